The number of ether oxygens (including phenoxy) is 2. The molecule has 0 saturated carbocycles. The van der Waals surface area contributed by atoms with Crippen LogP contribution in [0.5, 0.6) is 17.4 Å². The van der Waals surface area contributed by atoms with E-state index in [0.29, 0.717) is 29.1 Å². The van der Waals surface area contributed by atoms with Crippen molar-refractivity contribution in [3.63, 3.8) is 0 Å². The molecule has 0 bridgehead atoms. The molecular weight excluding hydrogens is 530 g/mol. The molecule has 1 aromatic heterocycles. The lowest BCUT2D eigenvalue weighted by atomic mass is 10.1. The first-order valence-corrected chi connectivity index (χ1v) is 12.3. The number of benzene rings is 2. The third-order valence-electron chi connectivity index (χ3n) is 5.90. The predicted octanol–water partition coefficient (Wildman–Crippen LogP) is 5.23. The summed E-state index contributed by atoms with van der Waals surface area (Å²) in [7, 11) is 3.10. The van der Waals surface area contributed by atoms with Crippen molar-refractivity contribution in [2.45, 2.75) is 25.9 Å². The summed E-state index contributed by atoms with van der Waals surface area (Å²) in [5, 5.41) is 23.3. The standard InChI is InChI=1S/C25H28BrN5O5/c1-34-21-9-6-17(12-22(21)35-2)14-27-36-15-23(32)28-29-24-19-13-18(26)7-8-20(19)31(25(24)33)16-30-10-4-3-5-11-30/h6-9,12-14,33H,3-5,10-11,15-16H2,1-2H3/b27-14+,29-28?. The zero-order valence-corrected chi connectivity index (χ0v) is 21.8. The molecule has 0 unspecified atom stereocenters. The summed E-state index contributed by atoms with van der Waals surface area (Å²) in [4.78, 5) is 19.6. The van der Waals surface area contributed by atoms with E-state index in [1.54, 1.807) is 37.0 Å². The minimum absolute atomic E-state index is 0.0300. The van der Waals surface area contributed by atoms with Crippen molar-refractivity contribution in [2.24, 2.45) is 15.4 Å². The number of amides is 1. The van der Waals surface area contributed by atoms with Crippen LogP contribution in [0.3, 0.4) is 0 Å². The van der Waals surface area contributed by atoms with Gasteiger partial charge in [-0.05, 0) is 62.3 Å². The summed E-state index contributed by atoms with van der Waals surface area (Å²) in [6.07, 6.45) is 4.95. The lowest BCUT2D eigenvalue weighted by Gasteiger charge is -2.27. The molecule has 11 heteroatoms. The lowest BCUT2D eigenvalue weighted by molar-refractivity contribution is -0.122. The second-order valence-corrected chi connectivity index (χ2v) is 9.21. The van der Waals surface area contributed by atoms with Crippen LogP contribution in [0.1, 0.15) is 24.8 Å². The van der Waals surface area contributed by atoms with E-state index in [1.807, 2.05) is 18.2 Å². The van der Waals surface area contributed by atoms with Crippen LogP contribution in [0.4, 0.5) is 5.69 Å². The molecule has 2 aromatic carbocycles. The first kappa shape index (κ1) is 25.6. The van der Waals surface area contributed by atoms with Crippen molar-refractivity contribution < 1.29 is 24.2 Å². The number of methoxy groups -OCH3 is 2. The summed E-state index contributed by atoms with van der Waals surface area (Å²) in [6, 6.07) is 10.9. The number of aromatic hydroxyl groups is 1. The molecule has 1 saturated heterocycles. The van der Waals surface area contributed by atoms with Crippen LogP contribution in [-0.4, -0.2) is 60.6 Å². The minimum atomic E-state index is -0.634. The van der Waals surface area contributed by atoms with Crippen molar-refractivity contribution in [1.29, 1.82) is 0 Å². The average molecular weight is 558 g/mol. The van der Waals surface area contributed by atoms with Gasteiger partial charge in [0.25, 0.3) is 0 Å². The zero-order valence-electron chi connectivity index (χ0n) is 20.2. The van der Waals surface area contributed by atoms with Crippen molar-refractivity contribution in [3.05, 3.63) is 46.4 Å². The number of piperidine rings is 1. The summed E-state index contributed by atoms with van der Waals surface area (Å²) in [5.74, 6) is 0.486. The van der Waals surface area contributed by atoms with E-state index >= 15 is 0 Å². The summed E-state index contributed by atoms with van der Waals surface area (Å²) in [5.41, 5.74) is 1.77. The van der Waals surface area contributed by atoms with Crippen LogP contribution in [-0.2, 0) is 16.3 Å². The molecule has 3 aromatic rings. The first-order valence-electron chi connectivity index (χ1n) is 11.5. The number of rotatable bonds is 9. The Hall–Kier alpha value is -3.44. The van der Waals surface area contributed by atoms with Crippen molar-refractivity contribution in [1.82, 2.24) is 9.47 Å². The maximum atomic E-state index is 12.2. The van der Waals surface area contributed by atoms with Crippen LogP contribution in [0, 0.1) is 0 Å². The zero-order chi connectivity index (χ0) is 25.5. The molecular formula is C25H28BrN5O5. The molecule has 1 amide bonds. The van der Waals surface area contributed by atoms with Crippen LogP contribution in [0.15, 0.2) is 56.3 Å². The Balaban J connectivity index is 1.44. The second kappa shape index (κ2) is 12.0. The molecule has 1 fully saturated rings. The quantitative estimate of drug-likeness (QED) is 0.219. The van der Waals surface area contributed by atoms with Crippen LogP contribution in [0.2, 0.25) is 0 Å². The van der Waals surface area contributed by atoms with Gasteiger partial charge in [-0.15, -0.1) is 10.2 Å². The van der Waals surface area contributed by atoms with Gasteiger partial charge in [-0.1, -0.05) is 27.5 Å². The van der Waals surface area contributed by atoms with Gasteiger partial charge in [-0.25, -0.2) is 0 Å². The highest BCUT2D eigenvalue weighted by atomic mass is 79.9. The van der Waals surface area contributed by atoms with E-state index in [2.05, 4.69) is 36.2 Å². The molecule has 36 heavy (non-hydrogen) atoms. The van der Waals surface area contributed by atoms with Gasteiger partial charge >= 0.3 is 5.91 Å². The normalized spacial score (nSPS) is 14.6. The number of oxime groups is 1. The fraction of sp³-hybridized carbons (Fsp3) is 0.360. The Morgan fingerprint density at radius 3 is 2.61 bits per heavy atom. The Labute approximate surface area is 217 Å². The fourth-order valence-electron chi connectivity index (χ4n) is 4.10. The number of hydrogen-bond acceptors (Lipinski definition) is 8. The van der Waals surface area contributed by atoms with E-state index < -0.39 is 12.5 Å². The van der Waals surface area contributed by atoms with Crippen LogP contribution in [0.25, 0.3) is 10.9 Å². The Bertz CT molecular complexity index is 1280. The highest BCUT2D eigenvalue weighted by Crippen LogP contribution is 2.40. The molecule has 1 aliphatic rings. The van der Waals surface area contributed by atoms with Crippen molar-refractivity contribution in [3.8, 4) is 17.4 Å². The van der Waals surface area contributed by atoms with Crippen LogP contribution >= 0.6 is 15.9 Å². The molecule has 10 nitrogen and oxygen atoms in total. The van der Waals surface area contributed by atoms with E-state index in [-0.39, 0.29) is 11.6 Å². The smallest absolute Gasteiger partial charge is 0.304 e. The van der Waals surface area contributed by atoms with E-state index in [0.717, 1.165) is 35.9 Å². The summed E-state index contributed by atoms with van der Waals surface area (Å²) in [6.45, 7) is 2.10. The number of aromatic nitrogens is 1. The van der Waals surface area contributed by atoms with E-state index in [1.165, 1.54) is 12.6 Å². The molecule has 4 rings (SSSR count). The molecule has 1 aliphatic heterocycles. The number of nitrogens with zero attached hydrogens (tertiary/aromatic N) is 5. The molecule has 0 aliphatic carbocycles. The number of azo groups is 1. The van der Waals surface area contributed by atoms with Crippen molar-refractivity contribution in [2.75, 3.05) is 33.9 Å². The Kier molecular flexibility index (Phi) is 8.55. The number of fused-ring (bicyclic) bond motifs is 1. The minimum Gasteiger partial charge on any atom is -0.493 e. The molecule has 190 valence electrons. The SMILES string of the molecule is COc1ccc(/C=N/OCC(=O)N=Nc2c(O)n(CN3CCCCC3)c3ccc(Br)cc23)cc1OC. The van der Waals surface area contributed by atoms with Gasteiger partial charge in [-0.2, -0.15) is 0 Å². The topological polar surface area (TPSA) is 110 Å². The largest absolute Gasteiger partial charge is 0.493 e. The van der Waals surface area contributed by atoms with Gasteiger partial charge in [-0.3, -0.25) is 14.3 Å². The number of carbonyl (C=O) groups excluding carboxylic acids is 1. The third kappa shape index (κ3) is 6.03. The third-order valence-corrected chi connectivity index (χ3v) is 6.39. The number of carbonyl (C=O) groups is 1. The van der Waals surface area contributed by atoms with E-state index in [4.69, 9.17) is 14.3 Å². The Morgan fingerprint density at radius 1 is 1.08 bits per heavy atom. The number of hydrogen-bond donors (Lipinski definition) is 1. The second-order valence-electron chi connectivity index (χ2n) is 8.30. The van der Waals surface area contributed by atoms with Gasteiger partial charge in [0, 0.05) is 15.4 Å². The van der Waals surface area contributed by atoms with Crippen LogP contribution < -0.4 is 9.47 Å². The maximum absolute atomic E-state index is 12.2. The average Bonchev–Trinajstić information content (AvgIpc) is 3.15. The Morgan fingerprint density at radius 2 is 1.86 bits per heavy atom. The lowest BCUT2D eigenvalue weighted by Crippen LogP contribution is -2.31. The number of halogens is 1. The van der Waals surface area contributed by atoms with Gasteiger partial charge in [0.1, 0.15) is 0 Å². The molecule has 2 heterocycles. The first-order chi connectivity index (χ1) is 17.5. The molecule has 0 atom stereocenters. The van der Waals surface area contributed by atoms with E-state index in [9.17, 15) is 9.90 Å². The summed E-state index contributed by atoms with van der Waals surface area (Å²) < 4.78 is 13.1. The van der Waals surface area contributed by atoms with Gasteiger partial charge in [0.2, 0.25) is 5.88 Å². The highest BCUT2D eigenvalue weighted by molar-refractivity contribution is 9.10. The monoisotopic (exact) mass is 557 g/mol. The number of likely N-dealkylation sites (tertiary alicyclic amines) is 1. The molecule has 0 spiro atoms. The predicted molar refractivity (Wildman–Crippen MR) is 139 cm³/mol. The van der Waals surface area contributed by atoms with Gasteiger partial charge < -0.3 is 19.4 Å². The maximum Gasteiger partial charge on any atom is 0.304 e. The summed E-state index contributed by atoms with van der Waals surface area (Å²) >= 11 is 3.47. The highest BCUT2D eigenvalue weighted by Gasteiger charge is 2.20. The van der Waals surface area contributed by atoms with Crippen molar-refractivity contribution >= 4 is 44.6 Å². The fourth-order valence-corrected chi connectivity index (χ4v) is 4.46. The van der Waals surface area contributed by atoms with Gasteiger partial charge in [0.05, 0.1) is 32.6 Å². The van der Waals surface area contributed by atoms with Gasteiger partial charge in [0.15, 0.2) is 23.8 Å². The molecule has 1 N–H and O–H groups in total. The molecule has 0 radical (unpaired) electrons.